The van der Waals surface area contributed by atoms with Gasteiger partial charge in [-0.25, -0.2) is 0 Å². The first-order valence-electron chi connectivity index (χ1n) is 5.84. The van der Waals surface area contributed by atoms with E-state index in [1.807, 2.05) is 42.5 Å². The molecule has 2 aromatic rings. The van der Waals surface area contributed by atoms with Gasteiger partial charge < -0.3 is 10.5 Å². The SMILES string of the molecule is NCc1cccc(OCCc2ccccc2)c1. The molecule has 0 aliphatic carbocycles. The van der Waals surface area contributed by atoms with Gasteiger partial charge in [-0.1, -0.05) is 42.5 Å². The fourth-order valence-electron chi connectivity index (χ4n) is 1.69. The van der Waals surface area contributed by atoms with Crippen molar-refractivity contribution in [2.75, 3.05) is 6.61 Å². The largest absolute Gasteiger partial charge is 0.493 e. The fourth-order valence-corrected chi connectivity index (χ4v) is 1.69. The Morgan fingerprint density at radius 2 is 1.65 bits per heavy atom. The molecule has 0 radical (unpaired) electrons. The fraction of sp³-hybridized carbons (Fsp3) is 0.200. The molecule has 2 heteroatoms. The molecule has 0 amide bonds. The summed E-state index contributed by atoms with van der Waals surface area (Å²) >= 11 is 0. The summed E-state index contributed by atoms with van der Waals surface area (Å²) in [6, 6.07) is 18.3. The van der Waals surface area contributed by atoms with E-state index in [-0.39, 0.29) is 0 Å². The predicted octanol–water partition coefficient (Wildman–Crippen LogP) is 2.77. The molecule has 0 saturated carbocycles. The summed E-state index contributed by atoms with van der Waals surface area (Å²) in [6.07, 6.45) is 0.924. The third-order valence-corrected chi connectivity index (χ3v) is 2.64. The van der Waals surface area contributed by atoms with E-state index in [1.165, 1.54) is 5.56 Å². The van der Waals surface area contributed by atoms with E-state index in [4.69, 9.17) is 10.5 Å². The van der Waals surface area contributed by atoms with Gasteiger partial charge in [0, 0.05) is 13.0 Å². The molecule has 0 unspecified atom stereocenters. The van der Waals surface area contributed by atoms with Crippen LogP contribution in [0.25, 0.3) is 0 Å². The maximum atomic E-state index is 5.70. The zero-order valence-electron chi connectivity index (χ0n) is 9.80. The highest BCUT2D eigenvalue weighted by Gasteiger charge is 1.96. The van der Waals surface area contributed by atoms with Gasteiger partial charge in [0.25, 0.3) is 0 Å². The van der Waals surface area contributed by atoms with Gasteiger partial charge in [0.15, 0.2) is 0 Å². The minimum absolute atomic E-state index is 0.551. The molecular formula is C15H17NO. The minimum Gasteiger partial charge on any atom is -0.493 e. The highest BCUT2D eigenvalue weighted by molar-refractivity contribution is 5.28. The molecule has 0 aliphatic rings. The van der Waals surface area contributed by atoms with Gasteiger partial charge in [-0.3, -0.25) is 0 Å². The molecule has 0 aromatic heterocycles. The molecule has 0 bridgehead atoms. The van der Waals surface area contributed by atoms with Crippen LogP contribution in [-0.2, 0) is 13.0 Å². The van der Waals surface area contributed by atoms with Crippen LogP contribution in [0, 0.1) is 0 Å². The third kappa shape index (κ3) is 3.61. The molecule has 2 N–H and O–H groups in total. The van der Waals surface area contributed by atoms with Crippen molar-refractivity contribution in [3.05, 3.63) is 65.7 Å². The van der Waals surface area contributed by atoms with Crippen molar-refractivity contribution in [1.29, 1.82) is 0 Å². The lowest BCUT2D eigenvalue weighted by atomic mass is 10.2. The average Bonchev–Trinajstić information content (AvgIpc) is 2.40. The van der Waals surface area contributed by atoms with Crippen molar-refractivity contribution in [2.24, 2.45) is 5.73 Å². The van der Waals surface area contributed by atoms with Crippen molar-refractivity contribution in [3.8, 4) is 5.75 Å². The first-order valence-corrected chi connectivity index (χ1v) is 5.84. The number of ether oxygens (including phenoxy) is 1. The molecule has 17 heavy (non-hydrogen) atoms. The maximum Gasteiger partial charge on any atom is 0.119 e. The Hall–Kier alpha value is -1.80. The molecule has 0 atom stereocenters. The lowest BCUT2D eigenvalue weighted by molar-refractivity contribution is 0.321. The Balaban J connectivity index is 1.86. The van der Waals surface area contributed by atoms with E-state index < -0.39 is 0 Å². The number of nitrogens with two attached hydrogens (primary N) is 1. The van der Waals surface area contributed by atoms with Gasteiger partial charge >= 0.3 is 0 Å². The lowest BCUT2D eigenvalue weighted by Gasteiger charge is -2.07. The summed E-state index contributed by atoms with van der Waals surface area (Å²) in [5.74, 6) is 0.892. The van der Waals surface area contributed by atoms with E-state index in [2.05, 4.69) is 12.1 Å². The topological polar surface area (TPSA) is 35.2 Å². The van der Waals surface area contributed by atoms with Crippen LogP contribution in [-0.4, -0.2) is 6.61 Å². The first-order chi connectivity index (χ1) is 8.38. The van der Waals surface area contributed by atoms with Gasteiger partial charge in [0.2, 0.25) is 0 Å². The highest BCUT2D eigenvalue weighted by atomic mass is 16.5. The summed E-state index contributed by atoms with van der Waals surface area (Å²) in [7, 11) is 0. The van der Waals surface area contributed by atoms with E-state index >= 15 is 0 Å². The molecule has 88 valence electrons. The normalized spacial score (nSPS) is 10.2. The number of benzene rings is 2. The summed E-state index contributed by atoms with van der Waals surface area (Å²) in [5.41, 5.74) is 7.98. The minimum atomic E-state index is 0.551. The van der Waals surface area contributed by atoms with Crippen LogP contribution in [0.2, 0.25) is 0 Å². The molecule has 2 aromatic carbocycles. The van der Waals surface area contributed by atoms with Crippen molar-refractivity contribution < 1.29 is 4.74 Å². The summed E-state index contributed by atoms with van der Waals surface area (Å²) in [5, 5.41) is 0. The smallest absolute Gasteiger partial charge is 0.119 e. The van der Waals surface area contributed by atoms with Gasteiger partial charge in [0.1, 0.15) is 5.75 Å². The van der Waals surface area contributed by atoms with Crippen LogP contribution < -0.4 is 10.5 Å². The maximum absolute atomic E-state index is 5.70. The first kappa shape index (κ1) is 11.7. The van der Waals surface area contributed by atoms with Crippen LogP contribution >= 0.6 is 0 Å². The summed E-state index contributed by atoms with van der Waals surface area (Å²) in [6.45, 7) is 1.24. The van der Waals surface area contributed by atoms with Crippen LogP contribution in [0.3, 0.4) is 0 Å². The van der Waals surface area contributed by atoms with E-state index in [1.54, 1.807) is 0 Å². The van der Waals surface area contributed by atoms with E-state index in [0.717, 1.165) is 17.7 Å². The zero-order valence-corrected chi connectivity index (χ0v) is 9.80. The standard InChI is InChI=1S/C15H17NO/c16-12-14-7-4-8-15(11-14)17-10-9-13-5-2-1-3-6-13/h1-8,11H,9-10,12,16H2. The molecule has 0 aliphatic heterocycles. The Morgan fingerprint density at radius 1 is 0.882 bits per heavy atom. The monoisotopic (exact) mass is 227 g/mol. The zero-order chi connectivity index (χ0) is 11.9. The van der Waals surface area contributed by atoms with Crippen molar-refractivity contribution in [3.63, 3.8) is 0 Å². The Labute approximate surface area is 102 Å². The van der Waals surface area contributed by atoms with E-state index in [0.29, 0.717) is 13.2 Å². The van der Waals surface area contributed by atoms with Crippen LogP contribution in [0.15, 0.2) is 54.6 Å². The quantitative estimate of drug-likeness (QED) is 0.852. The van der Waals surface area contributed by atoms with E-state index in [9.17, 15) is 0 Å². The number of hydrogen-bond acceptors (Lipinski definition) is 2. The molecule has 2 nitrogen and oxygen atoms in total. The van der Waals surface area contributed by atoms with Gasteiger partial charge in [-0.05, 0) is 23.3 Å². The predicted molar refractivity (Wildman–Crippen MR) is 70.0 cm³/mol. The average molecular weight is 227 g/mol. The van der Waals surface area contributed by atoms with Crippen molar-refractivity contribution in [1.82, 2.24) is 0 Å². The Kier molecular flexibility index (Phi) is 4.17. The number of hydrogen-bond donors (Lipinski definition) is 1. The second kappa shape index (κ2) is 6.06. The van der Waals surface area contributed by atoms with Crippen molar-refractivity contribution >= 4 is 0 Å². The van der Waals surface area contributed by atoms with Gasteiger partial charge in [0.05, 0.1) is 6.61 Å². The second-order valence-corrected chi connectivity index (χ2v) is 3.94. The highest BCUT2D eigenvalue weighted by Crippen LogP contribution is 2.13. The lowest BCUT2D eigenvalue weighted by Crippen LogP contribution is -2.02. The molecule has 0 fully saturated rings. The van der Waals surface area contributed by atoms with Crippen LogP contribution in [0.1, 0.15) is 11.1 Å². The molecule has 0 saturated heterocycles. The van der Waals surface area contributed by atoms with Crippen LogP contribution in [0.5, 0.6) is 5.75 Å². The van der Waals surface area contributed by atoms with Crippen molar-refractivity contribution in [2.45, 2.75) is 13.0 Å². The molecular weight excluding hydrogens is 210 g/mol. The number of rotatable bonds is 5. The molecule has 0 spiro atoms. The Morgan fingerprint density at radius 3 is 2.41 bits per heavy atom. The van der Waals surface area contributed by atoms with Gasteiger partial charge in [-0.2, -0.15) is 0 Å². The molecule has 2 rings (SSSR count). The third-order valence-electron chi connectivity index (χ3n) is 2.64. The molecule has 0 heterocycles. The van der Waals surface area contributed by atoms with Crippen LogP contribution in [0.4, 0.5) is 0 Å². The Bertz CT molecular complexity index is 453. The second-order valence-electron chi connectivity index (χ2n) is 3.94. The van der Waals surface area contributed by atoms with Gasteiger partial charge in [-0.15, -0.1) is 0 Å². The summed E-state index contributed by atoms with van der Waals surface area (Å²) in [4.78, 5) is 0. The summed E-state index contributed by atoms with van der Waals surface area (Å²) < 4.78 is 5.70.